The van der Waals surface area contributed by atoms with Gasteiger partial charge in [0.2, 0.25) is 0 Å². The van der Waals surface area contributed by atoms with Crippen molar-refractivity contribution in [1.29, 1.82) is 0 Å². The van der Waals surface area contributed by atoms with Crippen LogP contribution in [0.3, 0.4) is 0 Å². The van der Waals surface area contributed by atoms with Crippen molar-refractivity contribution in [1.82, 2.24) is 9.96 Å². The number of amides is 2. The van der Waals surface area contributed by atoms with Crippen LogP contribution < -0.4 is 0 Å². The van der Waals surface area contributed by atoms with Gasteiger partial charge in [-0.2, -0.15) is 0 Å². The first-order valence-electron chi connectivity index (χ1n) is 22.4. The SMILES string of the molecule is C[C@@H]1O[C@@H](CCCCN(CCCCCC(=O)ON2C(=O)CCC2=O)CCO[C@H]2O[C@H](CO[C@H]3O[C@H](CO)[C@@H](O)[C@H](O)[C@@H]3O)[C@@H](O)[C@H](O[C@H]3O[C@H](CO)[C@@H](O)[C@H](O)[C@@H]3O)[C@@H]2O)[C@@H](O)[C@H](O)[C@@H]1O. The molecule has 5 aliphatic heterocycles. The number of nitrogens with zero attached hydrogens (tertiary/aromatic N) is 2. The van der Waals surface area contributed by atoms with Gasteiger partial charge in [-0.1, -0.05) is 6.42 Å². The van der Waals surface area contributed by atoms with E-state index in [0.29, 0.717) is 56.7 Å². The molecule has 20 atom stereocenters. The zero-order valence-corrected chi connectivity index (χ0v) is 36.6. The summed E-state index contributed by atoms with van der Waals surface area (Å²) < 4.78 is 39.8. The lowest BCUT2D eigenvalue weighted by Crippen LogP contribution is -2.65. The highest BCUT2D eigenvalue weighted by atomic mass is 16.8. The van der Waals surface area contributed by atoms with Gasteiger partial charge in [-0.25, -0.2) is 4.79 Å². The van der Waals surface area contributed by atoms with Crippen molar-refractivity contribution >= 4 is 17.8 Å². The average Bonchev–Trinajstić information content (AvgIpc) is 3.61. The third-order valence-electron chi connectivity index (χ3n) is 12.5. The Kier molecular flexibility index (Phi) is 21.2. The summed E-state index contributed by atoms with van der Waals surface area (Å²) in [5.74, 6) is -1.91. The van der Waals surface area contributed by atoms with Gasteiger partial charge < -0.3 is 109 Å². The Morgan fingerprint density at radius 3 is 1.73 bits per heavy atom. The highest BCUT2D eigenvalue weighted by molar-refractivity contribution is 6.01. The van der Waals surface area contributed by atoms with E-state index in [-0.39, 0.29) is 32.4 Å². The van der Waals surface area contributed by atoms with Crippen LogP contribution in [0.25, 0.3) is 0 Å². The summed E-state index contributed by atoms with van der Waals surface area (Å²) in [6.45, 7) is 0.354. The first kappa shape index (κ1) is 54.7. The van der Waals surface area contributed by atoms with E-state index in [4.69, 9.17) is 38.0 Å². The van der Waals surface area contributed by atoms with E-state index < -0.39 is 160 Å². The Morgan fingerprint density at radius 1 is 0.576 bits per heavy atom. The standard InChI is InChI=1S/C40H68N2O24/c1-18-26(48)31(53)27(49)19(61-18)7-4-6-12-41(11-5-2-3-8-25(47)66-42-23(45)9-10-24(42)46)13-14-59-39-36(58)37(65-40-35(57)33(55)29(51)21(16-44)63-40)30(52)22(64-39)17-60-38-34(56)32(54)28(50)20(15-43)62-38/h18-22,26-40,43-44,48-58H,2-17H2,1H3/t18-,19-,20+,21+,22+,26+,27+,28+,29+,30+,31+,32-,33-,34-,35-,36-,37-,38-,39-,40+/m0/s1. The summed E-state index contributed by atoms with van der Waals surface area (Å²) >= 11 is 0. The molecule has 0 aromatic rings. The van der Waals surface area contributed by atoms with Gasteiger partial charge in [0.05, 0.1) is 38.6 Å². The molecule has 26 nitrogen and oxygen atoms in total. The number of hydrogen-bond donors (Lipinski definition) is 13. The molecule has 0 bridgehead atoms. The van der Waals surface area contributed by atoms with Gasteiger partial charge in [0.1, 0.15) is 91.6 Å². The number of carbonyl (C=O) groups is 3. The third-order valence-corrected chi connectivity index (χ3v) is 12.5. The molecule has 26 heteroatoms. The van der Waals surface area contributed by atoms with Crippen molar-refractivity contribution < 1.29 is 119 Å². The number of hydrogen-bond acceptors (Lipinski definition) is 25. The molecule has 0 saturated carbocycles. The number of aliphatic hydroxyl groups excluding tert-OH is 13. The monoisotopic (exact) mass is 960 g/mol. The van der Waals surface area contributed by atoms with Crippen molar-refractivity contribution in [2.24, 2.45) is 0 Å². The topological polar surface area (TPSA) is 395 Å². The molecule has 2 amide bonds. The molecule has 5 fully saturated rings. The minimum atomic E-state index is -1.93. The van der Waals surface area contributed by atoms with Crippen LogP contribution >= 0.6 is 0 Å². The van der Waals surface area contributed by atoms with Crippen LogP contribution in [0.15, 0.2) is 0 Å². The van der Waals surface area contributed by atoms with Crippen LogP contribution in [0.4, 0.5) is 0 Å². The largest absolute Gasteiger partial charge is 0.394 e. The fourth-order valence-electron chi connectivity index (χ4n) is 8.34. The number of carbonyl (C=O) groups excluding carboxylic acids is 3. The van der Waals surface area contributed by atoms with Crippen LogP contribution in [-0.4, -0.2) is 263 Å². The minimum absolute atomic E-state index is 0.0328. The van der Waals surface area contributed by atoms with Crippen LogP contribution in [0, 0.1) is 0 Å². The quantitative estimate of drug-likeness (QED) is 0.0334. The number of rotatable bonds is 23. The fourth-order valence-corrected chi connectivity index (χ4v) is 8.34. The van der Waals surface area contributed by atoms with Gasteiger partial charge in [0.15, 0.2) is 18.9 Å². The number of unbranched alkanes of at least 4 members (excludes halogenated alkanes) is 3. The number of aliphatic hydroxyl groups is 13. The second kappa shape index (κ2) is 25.6. The molecular formula is C40H68N2O24. The first-order chi connectivity index (χ1) is 31.4. The predicted molar refractivity (Wildman–Crippen MR) is 213 cm³/mol. The van der Waals surface area contributed by atoms with Crippen LogP contribution in [-0.2, 0) is 52.4 Å². The zero-order chi connectivity index (χ0) is 48.4. The Morgan fingerprint density at radius 2 is 1.11 bits per heavy atom. The lowest BCUT2D eigenvalue weighted by Gasteiger charge is -2.46. The van der Waals surface area contributed by atoms with E-state index in [0.717, 1.165) is 0 Å². The molecule has 0 unspecified atom stereocenters. The maximum atomic E-state index is 12.3. The predicted octanol–water partition coefficient (Wildman–Crippen LogP) is -7.04. The van der Waals surface area contributed by atoms with Gasteiger partial charge in [0, 0.05) is 25.8 Å². The minimum Gasteiger partial charge on any atom is -0.394 e. The highest BCUT2D eigenvalue weighted by Crippen LogP contribution is 2.31. The first-order valence-corrected chi connectivity index (χ1v) is 22.4. The van der Waals surface area contributed by atoms with Crippen molar-refractivity contribution in [3.8, 4) is 0 Å². The normalized spacial score (nSPS) is 41.2. The van der Waals surface area contributed by atoms with Gasteiger partial charge in [0.25, 0.3) is 11.8 Å². The molecule has 66 heavy (non-hydrogen) atoms. The summed E-state index contributed by atoms with van der Waals surface area (Å²) in [5, 5.41) is 136. The second-order valence-corrected chi connectivity index (χ2v) is 17.3. The number of hydroxylamine groups is 2. The fraction of sp³-hybridized carbons (Fsp3) is 0.925. The average molecular weight is 961 g/mol. The molecule has 382 valence electrons. The Hall–Kier alpha value is -2.23. The number of imide groups is 1. The third kappa shape index (κ3) is 13.8. The van der Waals surface area contributed by atoms with Gasteiger partial charge in [-0.15, -0.1) is 5.06 Å². The van der Waals surface area contributed by atoms with Crippen molar-refractivity contribution in [2.75, 3.05) is 46.1 Å². The second-order valence-electron chi connectivity index (χ2n) is 17.3. The zero-order valence-electron chi connectivity index (χ0n) is 36.6. The van der Waals surface area contributed by atoms with E-state index >= 15 is 0 Å². The summed E-state index contributed by atoms with van der Waals surface area (Å²) in [7, 11) is 0. The smallest absolute Gasteiger partial charge is 0.333 e. The van der Waals surface area contributed by atoms with Crippen LogP contribution in [0.1, 0.15) is 64.7 Å². The highest BCUT2D eigenvalue weighted by Gasteiger charge is 2.52. The molecule has 13 N–H and O–H groups in total. The summed E-state index contributed by atoms with van der Waals surface area (Å²) in [6, 6.07) is 0. The lowest BCUT2D eigenvalue weighted by molar-refractivity contribution is -0.366. The molecule has 0 aromatic carbocycles. The van der Waals surface area contributed by atoms with E-state index in [1.165, 1.54) is 0 Å². The van der Waals surface area contributed by atoms with Gasteiger partial charge >= 0.3 is 5.97 Å². The Bertz CT molecular complexity index is 1500. The molecule has 0 aliphatic carbocycles. The maximum Gasteiger partial charge on any atom is 0.333 e. The summed E-state index contributed by atoms with van der Waals surface area (Å²) in [4.78, 5) is 42.8. The van der Waals surface area contributed by atoms with Gasteiger partial charge in [-0.3, -0.25) is 9.59 Å². The summed E-state index contributed by atoms with van der Waals surface area (Å²) in [5.41, 5.74) is 0. The van der Waals surface area contributed by atoms with E-state index in [1.807, 2.05) is 4.90 Å². The van der Waals surface area contributed by atoms with E-state index in [1.54, 1.807) is 6.92 Å². The van der Waals surface area contributed by atoms with Crippen molar-refractivity contribution in [3.05, 3.63) is 0 Å². The Labute approximate surface area is 379 Å². The van der Waals surface area contributed by atoms with Crippen molar-refractivity contribution in [2.45, 2.75) is 187 Å². The van der Waals surface area contributed by atoms with E-state index in [2.05, 4.69) is 0 Å². The summed E-state index contributed by atoms with van der Waals surface area (Å²) in [6.07, 6.45) is -28.1. The van der Waals surface area contributed by atoms with Crippen molar-refractivity contribution in [3.63, 3.8) is 0 Å². The lowest BCUT2D eigenvalue weighted by atomic mass is 9.93. The van der Waals surface area contributed by atoms with Crippen LogP contribution in [0.2, 0.25) is 0 Å². The molecular weight excluding hydrogens is 892 g/mol. The number of ether oxygens (including phenoxy) is 7. The molecule has 5 rings (SSSR count). The maximum absolute atomic E-state index is 12.3. The van der Waals surface area contributed by atoms with Gasteiger partial charge in [-0.05, 0) is 52.1 Å². The molecule has 5 aliphatic rings. The van der Waals surface area contributed by atoms with E-state index in [9.17, 15) is 80.8 Å². The molecule has 5 saturated heterocycles. The molecule has 0 aromatic heterocycles. The molecule has 5 heterocycles. The molecule has 0 radical (unpaired) electrons. The Balaban J connectivity index is 1.22. The molecule has 0 spiro atoms. The van der Waals surface area contributed by atoms with Crippen LogP contribution in [0.5, 0.6) is 0 Å².